The topological polar surface area (TPSA) is 63.2 Å². The van der Waals surface area contributed by atoms with Crippen LogP contribution in [0.5, 0.6) is 0 Å². The second-order valence-corrected chi connectivity index (χ2v) is 7.48. The van der Waals surface area contributed by atoms with Gasteiger partial charge in [0.1, 0.15) is 9.84 Å². The van der Waals surface area contributed by atoms with Crippen LogP contribution in [0.4, 0.5) is 0 Å². The Morgan fingerprint density at radius 3 is 2.33 bits per heavy atom. The van der Waals surface area contributed by atoms with Crippen molar-refractivity contribution in [2.75, 3.05) is 30.1 Å². The van der Waals surface area contributed by atoms with Crippen molar-refractivity contribution in [1.82, 2.24) is 5.32 Å². The molecule has 2 unspecified atom stereocenters. The van der Waals surface area contributed by atoms with Gasteiger partial charge in [0.25, 0.3) is 0 Å². The van der Waals surface area contributed by atoms with Crippen LogP contribution in [0.3, 0.4) is 0 Å². The predicted molar refractivity (Wildman–Crippen MR) is 65.3 cm³/mol. The summed E-state index contributed by atoms with van der Waals surface area (Å²) in [6, 6.07) is 0.232. The molecule has 0 spiro atoms. The molecule has 0 aliphatic heterocycles. The molecule has 0 aliphatic rings. The average molecular weight is 255 g/mol. The third-order valence-corrected chi connectivity index (χ3v) is 4.69. The van der Waals surface area contributed by atoms with Gasteiger partial charge in [-0.3, -0.25) is 4.21 Å². The van der Waals surface area contributed by atoms with E-state index in [4.69, 9.17) is 0 Å². The smallest absolute Gasteiger partial charge is 0.148 e. The molecule has 4 nitrogen and oxygen atoms in total. The van der Waals surface area contributed by atoms with Gasteiger partial charge >= 0.3 is 0 Å². The van der Waals surface area contributed by atoms with E-state index >= 15 is 0 Å². The SMILES string of the molecule is CCNC(CC)CS(=O)CCS(C)(=O)=O. The summed E-state index contributed by atoms with van der Waals surface area (Å²) in [5.74, 6) is 0.808. The number of hydrogen-bond acceptors (Lipinski definition) is 4. The fraction of sp³-hybridized carbons (Fsp3) is 1.00. The molecule has 0 aromatic heterocycles. The van der Waals surface area contributed by atoms with Crippen LogP contribution in [0.2, 0.25) is 0 Å². The van der Waals surface area contributed by atoms with Gasteiger partial charge in [-0.05, 0) is 13.0 Å². The summed E-state index contributed by atoms with van der Waals surface area (Å²) in [5.41, 5.74) is 0. The monoisotopic (exact) mass is 255 g/mol. The van der Waals surface area contributed by atoms with Crippen molar-refractivity contribution in [2.24, 2.45) is 0 Å². The van der Waals surface area contributed by atoms with E-state index in [-0.39, 0.29) is 17.5 Å². The minimum atomic E-state index is -2.99. The summed E-state index contributed by atoms with van der Waals surface area (Å²) in [4.78, 5) is 0. The summed E-state index contributed by atoms with van der Waals surface area (Å²) in [6.07, 6.45) is 2.09. The summed E-state index contributed by atoms with van der Waals surface area (Å²) in [6.45, 7) is 4.88. The van der Waals surface area contributed by atoms with Crippen LogP contribution < -0.4 is 5.32 Å². The van der Waals surface area contributed by atoms with Crippen LogP contribution in [0, 0.1) is 0 Å². The molecule has 0 saturated carbocycles. The van der Waals surface area contributed by atoms with Gasteiger partial charge in [-0.1, -0.05) is 13.8 Å². The van der Waals surface area contributed by atoms with Crippen LogP contribution in [0.25, 0.3) is 0 Å². The number of hydrogen-bond donors (Lipinski definition) is 1. The molecular formula is C9H21NO3S2. The van der Waals surface area contributed by atoms with Gasteiger partial charge in [-0.2, -0.15) is 0 Å². The third kappa shape index (κ3) is 9.02. The molecule has 6 heteroatoms. The average Bonchev–Trinajstić information content (AvgIpc) is 2.13. The quantitative estimate of drug-likeness (QED) is 0.671. The number of nitrogens with one attached hydrogen (secondary N) is 1. The lowest BCUT2D eigenvalue weighted by Crippen LogP contribution is -2.34. The Balaban J connectivity index is 3.91. The molecule has 0 aromatic rings. The van der Waals surface area contributed by atoms with Crippen molar-refractivity contribution in [2.45, 2.75) is 26.3 Å². The lowest BCUT2D eigenvalue weighted by atomic mass is 10.2. The molecule has 0 rings (SSSR count). The Labute approximate surface area is 95.2 Å². The zero-order chi connectivity index (χ0) is 11.9. The van der Waals surface area contributed by atoms with Gasteiger partial charge in [-0.25, -0.2) is 8.42 Å². The van der Waals surface area contributed by atoms with E-state index in [2.05, 4.69) is 5.32 Å². The fourth-order valence-corrected chi connectivity index (χ4v) is 4.09. The maximum atomic E-state index is 11.5. The van der Waals surface area contributed by atoms with Gasteiger partial charge in [-0.15, -0.1) is 0 Å². The molecule has 0 amide bonds. The lowest BCUT2D eigenvalue weighted by molar-refractivity contribution is 0.553. The molecule has 0 bridgehead atoms. The van der Waals surface area contributed by atoms with Gasteiger partial charge in [0.05, 0.1) is 5.75 Å². The highest BCUT2D eigenvalue weighted by Crippen LogP contribution is 1.96. The van der Waals surface area contributed by atoms with E-state index in [1.807, 2.05) is 13.8 Å². The molecule has 0 saturated heterocycles. The predicted octanol–water partition coefficient (Wildman–Crippen LogP) is 0.168. The molecule has 15 heavy (non-hydrogen) atoms. The summed E-state index contributed by atoms with van der Waals surface area (Å²) in [5, 5.41) is 3.22. The maximum Gasteiger partial charge on any atom is 0.148 e. The number of rotatable bonds is 8. The zero-order valence-electron chi connectivity index (χ0n) is 9.65. The van der Waals surface area contributed by atoms with E-state index < -0.39 is 20.6 Å². The Hall–Kier alpha value is 0.0600. The highest BCUT2D eigenvalue weighted by molar-refractivity contribution is 7.92. The molecule has 0 aromatic carbocycles. The van der Waals surface area contributed by atoms with Crippen LogP contribution in [-0.2, 0) is 20.6 Å². The summed E-state index contributed by atoms with van der Waals surface area (Å²) in [7, 11) is -4.03. The largest absolute Gasteiger partial charge is 0.313 e. The Kier molecular flexibility index (Phi) is 7.38. The Morgan fingerprint density at radius 2 is 1.93 bits per heavy atom. The number of sulfone groups is 1. The second kappa shape index (κ2) is 7.35. The molecule has 92 valence electrons. The summed E-state index contributed by atoms with van der Waals surface area (Å²) >= 11 is 0. The first kappa shape index (κ1) is 15.1. The molecule has 1 N–H and O–H groups in total. The van der Waals surface area contributed by atoms with E-state index in [9.17, 15) is 12.6 Å². The highest BCUT2D eigenvalue weighted by atomic mass is 32.2. The van der Waals surface area contributed by atoms with Crippen LogP contribution >= 0.6 is 0 Å². The van der Waals surface area contributed by atoms with Crippen molar-refractivity contribution < 1.29 is 12.6 Å². The first-order chi connectivity index (χ1) is 6.89. The summed E-state index contributed by atoms with van der Waals surface area (Å²) < 4.78 is 33.3. The van der Waals surface area contributed by atoms with Gasteiger partial charge < -0.3 is 5.32 Å². The van der Waals surface area contributed by atoms with Gasteiger partial charge in [0, 0.05) is 34.6 Å². The van der Waals surface area contributed by atoms with Crippen molar-refractivity contribution in [3.05, 3.63) is 0 Å². The van der Waals surface area contributed by atoms with Crippen molar-refractivity contribution in [3.8, 4) is 0 Å². The van der Waals surface area contributed by atoms with E-state index in [1.54, 1.807) is 0 Å². The third-order valence-electron chi connectivity index (χ3n) is 2.05. The Morgan fingerprint density at radius 1 is 1.33 bits per heavy atom. The first-order valence-corrected chi connectivity index (χ1v) is 8.70. The maximum absolute atomic E-state index is 11.5. The molecule has 0 radical (unpaired) electrons. The van der Waals surface area contributed by atoms with Crippen LogP contribution in [-0.4, -0.2) is 48.7 Å². The normalized spacial score (nSPS) is 16.2. The Bertz CT molecular complexity index is 288. The highest BCUT2D eigenvalue weighted by Gasteiger charge is 2.11. The van der Waals surface area contributed by atoms with Crippen molar-refractivity contribution >= 4 is 20.6 Å². The van der Waals surface area contributed by atoms with E-state index in [1.165, 1.54) is 6.26 Å². The van der Waals surface area contributed by atoms with Crippen molar-refractivity contribution in [1.29, 1.82) is 0 Å². The van der Waals surface area contributed by atoms with Crippen LogP contribution in [0.1, 0.15) is 20.3 Å². The minimum absolute atomic E-state index is 0.0160. The van der Waals surface area contributed by atoms with Gasteiger partial charge in [0.2, 0.25) is 0 Å². The lowest BCUT2D eigenvalue weighted by Gasteiger charge is -2.14. The van der Waals surface area contributed by atoms with Gasteiger partial charge in [0.15, 0.2) is 0 Å². The molecule has 0 aliphatic carbocycles. The standard InChI is InChI=1S/C9H21NO3S2/c1-4-9(10-5-2)8-14(11)6-7-15(3,12)13/h9-10H,4-8H2,1-3H3. The minimum Gasteiger partial charge on any atom is -0.313 e. The molecular weight excluding hydrogens is 234 g/mol. The fourth-order valence-electron chi connectivity index (χ4n) is 1.16. The van der Waals surface area contributed by atoms with E-state index in [0.717, 1.165) is 13.0 Å². The zero-order valence-corrected chi connectivity index (χ0v) is 11.3. The van der Waals surface area contributed by atoms with Crippen LogP contribution in [0.15, 0.2) is 0 Å². The first-order valence-electron chi connectivity index (χ1n) is 5.15. The van der Waals surface area contributed by atoms with Crippen molar-refractivity contribution in [3.63, 3.8) is 0 Å². The molecule has 0 heterocycles. The molecule has 0 fully saturated rings. The van der Waals surface area contributed by atoms with E-state index in [0.29, 0.717) is 5.75 Å². The molecule has 2 atom stereocenters. The second-order valence-electron chi connectivity index (χ2n) is 3.60.